The van der Waals surface area contributed by atoms with Crippen molar-refractivity contribution in [3.05, 3.63) is 29.6 Å². The Bertz CT molecular complexity index is 655. The summed E-state index contributed by atoms with van der Waals surface area (Å²) in [6.45, 7) is 6.17. The summed E-state index contributed by atoms with van der Waals surface area (Å²) < 4.78 is 19.8. The maximum atomic E-state index is 14.4. The highest BCUT2D eigenvalue weighted by Crippen LogP contribution is 2.28. The summed E-state index contributed by atoms with van der Waals surface area (Å²) >= 11 is 0. The largest absolute Gasteiger partial charge is 0.444 e. The van der Waals surface area contributed by atoms with Crippen LogP contribution >= 0.6 is 0 Å². The number of halogens is 1. The summed E-state index contributed by atoms with van der Waals surface area (Å²) in [5.41, 5.74) is 0.158. The zero-order valence-corrected chi connectivity index (χ0v) is 15.5. The van der Waals surface area contributed by atoms with Gasteiger partial charge in [-0.3, -0.25) is 9.69 Å². The van der Waals surface area contributed by atoms with E-state index in [1.165, 1.54) is 11.0 Å². The number of amides is 2. The molecule has 1 aromatic carbocycles. The number of nitrogens with zero attached hydrogens (tertiary/aromatic N) is 3. The van der Waals surface area contributed by atoms with Gasteiger partial charge < -0.3 is 14.5 Å². The molecule has 2 amide bonds. The molecule has 0 atom stereocenters. The van der Waals surface area contributed by atoms with E-state index >= 15 is 0 Å². The molecule has 138 valence electrons. The molecule has 0 spiro atoms. The number of rotatable bonds is 3. The molecule has 0 saturated carbocycles. The summed E-state index contributed by atoms with van der Waals surface area (Å²) in [6.07, 6.45) is -0.621. The fraction of sp³-hybridized carbons (Fsp3) is 0.556. The van der Waals surface area contributed by atoms with Crippen LogP contribution in [0.4, 0.5) is 14.9 Å². The minimum Gasteiger partial charge on any atom is -0.444 e. The zero-order chi connectivity index (χ0) is 18.8. The van der Waals surface area contributed by atoms with Crippen LogP contribution in [-0.2, 0) is 16.1 Å². The summed E-state index contributed by atoms with van der Waals surface area (Å²) in [5, 5.41) is 0. The first-order valence-corrected chi connectivity index (χ1v) is 8.29. The van der Waals surface area contributed by atoms with E-state index < -0.39 is 17.5 Å². The van der Waals surface area contributed by atoms with Crippen LogP contribution in [0.1, 0.15) is 26.3 Å². The van der Waals surface area contributed by atoms with Gasteiger partial charge in [-0.1, -0.05) is 6.07 Å². The molecular weight excluding hydrogens is 325 g/mol. The number of hydrogen-bond acceptors (Lipinski definition) is 4. The van der Waals surface area contributed by atoms with E-state index in [1.807, 2.05) is 19.0 Å². The van der Waals surface area contributed by atoms with Crippen molar-refractivity contribution in [3.8, 4) is 0 Å². The second kappa shape index (κ2) is 7.39. The molecule has 0 aliphatic carbocycles. The summed E-state index contributed by atoms with van der Waals surface area (Å²) in [5.74, 6) is -0.687. The third-order valence-corrected chi connectivity index (χ3v) is 3.78. The predicted octanol–water partition coefficient (Wildman–Crippen LogP) is 2.47. The van der Waals surface area contributed by atoms with Crippen molar-refractivity contribution >= 4 is 17.7 Å². The van der Waals surface area contributed by atoms with Crippen molar-refractivity contribution in [2.24, 2.45) is 0 Å². The Balaban J connectivity index is 2.34. The molecule has 7 heteroatoms. The van der Waals surface area contributed by atoms with E-state index in [9.17, 15) is 14.0 Å². The van der Waals surface area contributed by atoms with Gasteiger partial charge in [0.25, 0.3) is 0 Å². The third kappa shape index (κ3) is 4.92. The molecule has 0 saturated heterocycles. The van der Waals surface area contributed by atoms with Crippen LogP contribution in [0.15, 0.2) is 18.2 Å². The summed E-state index contributed by atoms with van der Waals surface area (Å²) in [7, 11) is 3.81. The number of carbonyl (C=O) groups is 2. The number of hydrogen-bond donors (Lipinski definition) is 0. The average Bonchev–Trinajstić information content (AvgIpc) is 2.61. The molecule has 2 rings (SSSR count). The average molecular weight is 351 g/mol. The second-order valence-corrected chi connectivity index (χ2v) is 7.42. The lowest BCUT2D eigenvalue weighted by Gasteiger charge is -2.26. The topological polar surface area (TPSA) is 53.1 Å². The van der Waals surface area contributed by atoms with E-state index in [0.717, 1.165) is 0 Å². The van der Waals surface area contributed by atoms with E-state index in [4.69, 9.17) is 4.74 Å². The van der Waals surface area contributed by atoms with Crippen LogP contribution < -0.4 is 4.90 Å². The van der Waals surface area contributed by atoms with Crippen LogP contribution in [-0.4, -0.2) is 61.1 Å². The van der Waals surface area contributed by atoms with Crippen molar-refractivity contribution in [3.63, 3.8) is 0 Å². The first-order valence-electron chi connectivity index (χ1n) is 8.29. The SMILES string of the molecule is CN(C)CCN1C(=O)CN(C(=O)OC(C)(C)C)Cc2c(F)cccc21. The van der Waals surface area contributed by atoms with Crippen molar-refractivity contribution in [2.45, 2.75) is 32.9 Å². The van der Waals surface area contributed by atoms with Crippen molar-refractivity contribution in [2.75, 3.05) is 38.6 Å². The van der Waals surface area contributed by atoms with Crippen molar-refractivity contribution < 1.29 is 18.7 Å². The highest BCUT2D eigenvalue weighted by molar-refractivity contribution is 5.97. The predicted molar refractivity (Wildman–Crippen MR) is 94.0 cm³/mol. The fourth-order valence-electron chi connectivity index (χ4n) is 2.59. The highest BCUT2D eigenvalue weighted by atomic mass is 19.1. The number of fused-ring (bicyclic) bond motifs is 1. The van der Waals surface area contributed by atoms with Gasteiger partial charge in [0.15, 0.2) is 0 Å². The van der Waals surface area contributed by atoms with Crippen LogP contribution in [0.2, 0.25) is 0 Å². The third-order valence-electron chi connectivity index (χ3n) is 3.78. The minimum absolute atomic E-state index is 0.00112. The van der Waals surface area contributed by atoms with E-state index in [1.54, 1.807) is 37.8 Å². The van der Waals surface area contributed by atoms with Crippen molar-refractivity contribution in [1.29, 1.82) is 0 Å². The Labute approximate surface area is 148 Å². The quantitative estimate of drug-likeness (QED) is 0.839. The lowest BCUT2D eigenvalue weighted by molar-refractivity contribution is -0.119. The molecule has 0 aromatic heterocycles. The zero-order valence-electron chi connectivity index (χ0n) is 15.5. The van der Waals surface area contributed by atoms with E-state index in [0.29, 0.717) is 24.3 Å². The number of anilines is 1. The molecule has 6 nitrogen and oxygen atoms in total. The fourth-order valence-corrected chi connectivity index (χ4v) is 2.59. The molecule has 0 N–H and O–H groups in total. The Morgan fingerprint density at radius 3 is 2.56 bits per heavy atom. The summed E-state index contributed by atoms with van der Waals surface area (Å²) in [6, 6.07) is 4.63. The van der Waals surface area contributed by atoms with Gasteiger partial charge in [-0.25, -0.2) is 9.18 Å². The van der Waals surface area contributed by atoms with Gasteiger partial charge in [-0.05, 0) is 47.0 Å². The van der Waals surface area contributed by atoms with Gasteiger partial charge in [0, 0.05) is 18.7 Å². The molecule has 0 fully saturated rings. The lowest BCUT2D eigenvalue weighted by Crippen LogP contribution is -2.43. The molecular formula is C18H26FN3O3. The standard InChI is InChI=1S/C18H26FN3O3/c1-18(2,3)25-17(24)21-11-13-14(19)7-6-8-15(13)22(16(23)12-21)10-9-20(4)5/h6-8H,9-12H2,1-5H3. The van der Waals surface area contributed by atoms with E-state index in [-0.39, 0.29) is 19.0 Å². The molecule has 1 aliphatic rings. The Kier molecular flexibility index (Phi) is 5.67. The molecule has 0 bridgehead atoms. The first kappa shape index (κ1) is 19.2. The smallest absolute Gasteiger partial charge is 0.411 e. The summed E-state index contributed by atoms with van der Waals surface area (Å²) in [4.78, 5) is 29.9. The van der Waals surface area contributed by atoms with Crippen LogP contribution in [0.5, 0.6) is 0 Å². The van der Waals surface area contributed by atoms with Gasteiger partial charge in [0.05, 0.1) is 12.2 Å². The highest BCUT2D eigenvalue weighted by Gasteiger charge is 2.32. The molecule has 1 heterocycles. The van der Waals surface area contributed by atoms with Crippen LogP contribution in [0.25, 0.3) is 0 Å². The van der Waals surface area contributed by atoms with Gasteiger partial charge >= 0.3 is 6.09 Å². The van der Waals surface area contributed by atoms with Gasteiger partial charge in [0.1, 0.15) is 18.0 Å². The number of benzene rings is 1. The molecule has 1 aromatic rings. The monoisotopic (exact) mass is 351 g/mol. The Hall–Kier alpha value is -2.15. The normalized spacial score (nSPS) is 15.2. The van der Waals surface area contributed by atoms with Crippen LogP contribution in [0, 0.1) is 5.82 Å². The number of ether oxygens (including phenoxy) is 1. The molecule has 0 unspecified atom stereocenters. The maximum absolute atomic E-state index is 14.4. The van der Waals surface area contributed by atoms with Gasteiger partial charge in [-0.15, -0.1) is 0 Å². The maximum Gasteiger partial charge on any atom is 0.411 e. The minimum atomic E-state index is -0.685. The first-order chi connectivity index (χ1) is 11.6. The van der Waals surface area contributed by atoms with Crippen molar-refractivity contribution in [1.82, 2.24) is 9.80 Å². The molecule has 25 heavy (non-hydrogen) atoms. The molecule has 1 aliphatic heterocycles. The van der Waals surface area contributed by atoms with Gasteiger partial charge in [-0.2, -0.15) is 0 Å². The second-order valence-electron chi connectivity index (χ2n) is 7.42. The van der Waals surface area contributed by atoms with E-state index in [2.05, 4.69) is 0 Å². The Morgan fingerprint density at radius 1 is 1.28 bits per heavy atom. The molecule has 0 radical (unpaired) electrons. The number of carbonyl (C=O) groups excluding carboxylic acids is 2. The number of likely N-dealkylation sites (N-methyl/N-ethyl adjacent to an activating group) is 1. The Morgan fingerprint density at radius 2 is 1.96 bits per heavy atom. The lowest BCUT2D eigenvalue weighted by atomic mass is 10.1. The van der Waals surface area contributed by atoms with Crippen LogP contribution in [0.3, 0.4) is 0 Å². The van der Waals surface area contributed by atoms with Gasteiger partial charge in [0.2, 0.25) is 5.91 Å².